The normalized spacial score (nSPS) is 11.0. The maximum Gasteiger partial charge on any atom is -0.00127 e. The van der Waals surface area contributed by atoms with E-state index >= 15 is 0 Å². The molecule has 0 saturated carbocycles. The van der Waals surface area contributed by atoms with E-state index in [1.165, 1.54) is 31.7 Å². The maximum atomic E-state index is 3.44. The molecule has 74 valence electrons. The molecule has 0 saturated heterocycles. The smallest absolute Gasteiger partial charge is 0.00127 e. The van der Waals surface area contributed by atoms with Crippen molar-refractivity contribution in [3.63, 3.8) is 0 Å². The first-order valence-corrected chi connectivity index (χ1v) is 6.01. The molecule has 12 heavy (non-hydrogen) atoms. The number of nitrogens with one attached hydrogen (secondary N) is 1. The zero-order chi connectivity index (χ0) is 9.23. The highest BCUT2D eigenvalue weighted by Gasteiger charge is 1.90. The number of thioether (sulfide) groups is 1. The van der Waals surface area contributed by atoms with Crippen LogP contribution in [0.15, 0.2) is 0 Å². The second kappa shape index (κ2) is 9.36. The van der Waals surface area contributed by atoms with Gasteiger partial charge in [-0.1, -0.05) is 0 Å². The van der Waals surface area contributed by atoms with Crippen molar-refractivity contribution in [3.05, 3.63) is 0 Å². The largest absolute Gasteiger partial charge is 0.317 e. The van der Waals surface area contributed by atoms with E-state index in [-0.39, 0.29) is 0 Å². The molecule has 0 aromatic heterocycles. The average Bonchev–Trinajstić information content (AvgIpc) is 2.02. The van der Waals surface area contributed by atoms with Crippen LogP contribution < -0.4 is 5.32 Å². The predicted octanol–water partition coefficient (Wildman–Crippen LogP) is 1.28. The molecule has 0 unspecified atom stereocenters. The Morgan fingerprint density at radius 3 is 2.42 bits per heavy atom. The first-order chi connectivity index (χ1) is 5.77. The van der Waals surface area contributed by atoms with E-state index in [1.807, 2.05) is 11.8 Å². The van der Waals surface area contributed by atoms with Gasteiger partial charge < -0.3 is 10.2 Å². The summed E-state index contributed by atoms with van der Waals surface area (Å²) in [5.41, 5.74) is 0. The molecule has 0 amide bonds. The van der Waals surface area contributed by atoms with Crippen LogP contribution in [0.2, 0.25) is 0 Å². The monoisotopic (exact) mass is 190 g/mol. The van der Waals surface area contributed by atoms with Crippen LogP contribution in [0.3, 0.4) is 0 Å². The van der Waals surface area contributed by atoms with Gasteiger partial charge in [-0.2, -0.15) is 11.8 Å². The summed E-state index contributed by atoms with van der Waals surface area (Å²) in [5.74, 6) is 1.28. The van der Waals surface area contributed by atoms with Gasteiger partial charge in [0.2, 0.25) is 0 Å². The fourth-order valence-electron chi connectivity index (χ4n) is 0.987. The SMILES string of the molecule is CSCCCNCCCN(C)C. The van der Waals surface area contributed by atoms with Crippen LogP contribution in [0, 0.1) is 0 Å². The molecule has 0 heterocycles. The Bertz CT molecular complexity index is 86.6. The molecular formula is C9H22N2S. The van der Waals surface area contributed by atoms with Crippen LogP contribution in [-0.4, -0.2) is 50.6 Å². The van der Waals surface area contributed by atoms with Gasteiger partial charge in [0.15, 0.2) is 0 Å². The number of hydrogen-bond acceptors (Lipinski definition) is 3. The molecule has 0 aliphatic rings. The van der Waals surface area contributed by atoms with Crippen LogP contribution in [-0.2, 0) is 0 Å². The minimum absolute atomic E-state index is 1.16. The summed E-state index contributed by atoms with van der Waals surface area (Å²) in [7, 11) is 4.24. The van der Waals surface area contributed by atoms with Crippen molar-refractivity contribution in [1.82, 2.24) is 10.2 Å². The molecule has 0 bridgehead atoms. The summed E-state index contributed by atoms with van der Waals surface area (Å²) in [4.78, 5) is 2.23. The molecule has 2 nitrogen and oxygen atoms in total. The van der Waals surface area contributed by atoms with E-state index in [0.29, 0.717) is 0 Å². The molecule has 1 N–H and O–H groups in total. The zero-order valence-corrected chi connectivity index (χ0v) is 9.41. The van der Waals surface area contributed by atoms with Gasteiger partial charge in [0.1, 0.15) is 0 Å². The summed E-state index contributed by atoms with van der Waals surface area (Å²) < 4.78 is 0. The summed E-state index contributed by atoms with van der Waals surface area (Å²) in [6, 6.07) is 0. The lowest BCUT2D eigenvalue weighted by atomic mass is 10.4. The third-order valence-electron chi connectivity index (χ3n) is 1.66. The molecule has 0 aliphatic heterocycles. The fourth-order valence-corrected chi connectivity index (χ4v) is 1.42. The minimum atomic E-state index is 1.16. The average molecular weight is 190 g/mol. The van der Waals surface area contributed by atoms with Crippen molar-refractivity contribution in [2.45, 2.75) is 12.8 Å². The van der Waals surface area contributed by atoms with Gasteiger partial charge in [0.05, 0.1) is 0 Å². The molecule has 0 fully saturated rings. The Kier molecular flexibility index (Phi) is 9.57. The molecule has 0 rings (SSSR count). The highest BCUT2D eigenvalue weighted by Crippen LogP contribution is 1.93. The van der Waals surface area contributed by atoms with Crippen LogP contribution in [0.5, 0.6) is 0 Å². The summed E-state index contributed by atoms with van der Waals surface area (Å²) in [6.07, 6.45) is 4.71. The number of nitrogens with zero attached hydrogens (tertiary/aromatic N) is 1. The summed E-state index contributed by atoms with van der Waals surface area (Å²) in [5, 5.41) is 3.44. The van der Waals surface area contributed by atoms with Crippen molar-refractivity contribution < 1.29 is 0 Å². The van der Waals surface area contributed by atoms with Crippen molar-refractivity contribution in [1.29, 1.82) is 0 Å². The van der Waals surface area contributed by atoms with Gasteiger partial charge in [0.25, 0.3) is 0 Å². The first kappa shape index (κ1) is 12.3. The van der Waals surface area contributed by atoms with Gasteiger partial charge in [-0.05, 0) is 58.6 Å². The molecule has 0 radical (unpaired) electrons. The van der Waals surface area contributed by atoms with E-state index in [0.717, 1.165) is 6.54 Å². The number of rotatable bonds is 8. The van der Waals surface area contributed by atoms with E-state index in [9.17, 15) is 0 Å². The summed E-state index contributed by atoms with van der Waals surface area (Å²) in [6.45, 7) is 3.52. The Labute approximate surface area is 81.1 Å². The maximum absolute atomic E-state index is 3.44. The van der Waals surface area contributed by atoms with Crippen molar-refractivity contribution in [2.75, 3.05) is 45.7 Å². The predicted molar refractivity (Wildman–Crippen MR) is 59.0 cm³/mol. The molecule has 0 spiro atoms. The second-order valence-electron chi connectivity index (χ2n) is 3.25. The Morgan fingerprint density at radius 2 is 1.83 bits per heavy atom. The van der Waals surface area contributed by atoms with Gasteiger partial charge in [-0.15, -0.1) is 0 Å². The number of hydrogen-bond donors (Lipinski definition) is 1. The molecule has 0 aromatic carbocycles. The molecule has 3 heteroatoms. The Hall–Kier alpha value is 0.270. The van der Waals surface area contributed by atoms with Crippen LogP contribution in [0.1, 0.15) is 12.8 Å². The van der Waals surface area contributed by atoms with Crippen LogP contribution in [0.4, 0.5) is 0 Å². The highest BCUT2D eigenvalue weighted by atomic mass is 32.2. The van der Waals surface area contributed by atoms with E-state index in [4.69, 9.17) is 0 Å². The van der Waals surface area contributed by atoms with Crippen LogP contribution >= 0.6 is 11.8 Å². The quantitative estimate of drug-likeness (QED) is 0.581. The minimum Gasteiger partial charge on any atom is -0.317 e. The zero-order valence-electron chi connectivity index (χ0n) is 8.60. The summed E-state index contributed by atoms with van der Waals surface area (Å²) >= 11 is 1.92. The van der Waals surface area contributed by atoms with Crippen LogP contribution in [0.25, 0.3) is 0 Å². The van der Waals surface area contributed by atoms with E-state index < -0.39 is 0 Å². The molecule has 0 aromatic rings. The first-order valence-electron chi connectivity index (χ1n) is 4.61. The third-order valence-corrected chi connectivity index (χ3v) is 2.36. The molecular weight excluding hydrogens is 168 g/mol. The lowest BCUT2D eigenvalue weighted by Gasteiger charge is -2.09. The van der Waals surface area contributed by atoms with Crippen molar-refractivity contribution >= 4 is 11.8 Å². The highest BCUT2D eigenvalue weighted by molar-refractivity contribution is 7.98. The van der Waals surface area contributed by atoms with E-state index in [1.54, 1.807) is 0 Å². The third kappa shape index (κ3) is 10.3. The van der Waals surface area contributed by atoms with Gasteiger partial charge in [-0.25, -0.2) is 0 Å². The Morgan fingerprint density at radius 1 is 1.17 bits per heavy atom. The topological polar surface area (TPSA) is 15.3 Å². The van der Waals surface area contributed by atoms with Crippen molar-refractivity contribution in [2.24, 2.45) is 0 Å². The standard InChI is InChI=1S/C9H22N2S/c1-11(2)8-4-6-10-7-5-9-12-3/h10H,4-9H2,1-3H3. The van der Waals surface area contributed by atoms with E-state index in [2.05, 4.69) is 30.6 Å². The lowest BCUT2D eigenvalue weighted by Crippen LogP contribution is -2.22. The lowest BCUT2D eigenvalue weighted by molar-refractivity contribution is 0.394. The fraction of sp³-hybridized carbons (Fsp3) is 1.00. The Balaban J connectivity index is 2.82. The second-order valence-corrected chi connectivity index (χ2v) is 4.24. The molecule has 0 aliphatic carbocycles. The van der Waals surface area contributed by atoms with Gasteiger partial charge in [-0.3, -0.25) is 0 Å². The van der Waals surface area contributed by atoms with Crippen molar-refractivity contribution in [3.8, 4) is 0 Å². The van der Waals surface area contributed by atoms with Gasteiger partial charge >= 0.3 is 0 Å². The van der Waals surface area contributed by atoms with Gasteiger partial charge in [0, 0.05) is 0 Å². The molecule has 0 atom stereocenters.